The first-order valence-electron chi connectivity index (χ1n) is 15.1. The molecule has 0 saturated carbocycles. The van der Waals surface area contributed by atoms with Crippen LogP contribution in [0.2, 0.25) is 0 Å². The van der Waals surface area contributed by atoms with E-state index in [1.165, 1.54) is 0 Å². The van der Waals surface area contributed by atoms with Crippen LogP contribution in [-0.4, -0.2) is 23.9 Å². The lowest BCUT2D eigenvalue weighted by Crippen LogP contribution is -2.54. The van der Waals surface area contributed by atoms with Gasteiger partial charge in [-0.1, -0.05) is 83.1 Å². The lowest BCUT2D eigenvalue weighted by molar-refractivity contribution is 0.421. The Kier molecular flexibility index (Phi) is 8.83. The van der Waals surface area contributed by atoms with E-state index < -0.39 is 17.1 Å². The largest absolute Gasteiger partial charge is 0.507 e. The first kappa shape index (κ1) is 33.9. The average molecular weight is 594 g/mol. The van der Waals surface area contributed by atoms with E-state index in [1.807, 2.05) is 107 Å². The molecular formula is C35H51N3O5. The Labute approximate surface area is 255 Å². The number of aromatic hydroxyl groups is 2. The Morgan fingerprint density at radius 3 is 0.930 bits per heavy atom. The van der Waals surface area contributed by atoms with Gasteiger partial charge in [-0.15, -0.1) is 0 Å². The molecular weight excluding hydrogens is 542 g/mol. The molecule has 2 N–H and O–H groups in total. The normalized spacial score (nSPS) is 13.0. The fraction of sp³-hybridized carbons (Fsp3) is 0.571. The van der Waals surface area contributed by atoms with Gasteiger partial charge >= 0.3 is 17.1 Å². The number of benzene rings is 2. The third-order valence-corrected chi connectivity index (χ3v) is 7.95. The first-order chi connectivity index (χ1) is 19.4. The number of hydrogen-bond acceptors (Lipinski definition) is 5. The molecule has 2 aromatic carbocycles. The van der Waals surface area contributed by atoms with Gasteiger partial charge in [-0.25, -0.2) is 28.1 Å². The van der Waals surface area contributed by atoms with E-state index in [0.29, 0.717) is 11.1 Å². The lowest BCUT2D eigenvalue weighted by Gasteiger charge is -2.28. The van der Waals surface area contributed by atoms with Crippen LogP contribution in [0, 0.1) is 0 Å². The maximum Gasteiger partial charge on any atom is 0.336 e. The second-order valence-electron chi connectivity index (χ2n) is 15.8. The molecule has 1 heterocycles. The van der Waals surface area contributed by atoms with E-state index in [-0.39, 0.29) is 52.8 Å². The minimum Gasteiger partial charge on any atom is -0.507 e. The zero-order chi connectivity index (χ0) is 33.0. The molecule has 1 aromatic heterocycles. The van der Waals surface area contributed by atoms with Gasteiger partial charge < -0.3 is 10.2 Å². The molecule has 0 unspecified atom stereocenters. The van der Waals surface area contributed by atoms with Gasteiger partial charge in [0.05, 0.1) is 13.1 Å². The van der Waals surface area contributed by atoms with Crippen LogP contribution in [-0.2, 0) is 41.3 Å². The summed E-state index contributed by atoms with van der Waals surface area (Å²) < 4.78 is 3.28. The van der Waals surface area contributed by atoms with E-state index in [0.717, 1.165) is 36.0 Å². The maximum absolute atomic E-state index is 14.0. The Hall–Kier alpha value is -3.55. The van der Waals surface area contributed by atoms with E-state index >= 15 is 0 Å². The van der Waals surface area contributed by atoms with Crippen molar-refractivity contribution in [2.75, 3.05) is 0 Å². The fourth-order valence-corrected chi connectivity index (χ4v) is 5.45. The number of hydrogen-bond donors (Lipinski definition) is 2. The molecule has 0 radical (unpaired) electrons. The fourth-order valence-electron chi connectivity index (χ4n) is 5.45. The van der Waals surface area contributed by atoms with E-state index in [2.05, 4.69) is 0 Å². The van der Waals surface area contributed by atoms with Crippen LogP contribution in [0.1, 0.15) is 123 Å². The van der Waals surface area contributed by atoms with Crippen LogP contribution < -0.4 is 17.1 Å². The molecule has 0 bridgehead atoms. The molecule has 0 aliphatic rings. The van der Waals surface area contributed by atoms with Gasteiger partial charge in [0.1, 0.15) is 11.5 Å². The smallest absolute Gasteiger partial charge is 0.336 e. The van der Waals surface area contributed by atoms with Crippen molar-refractivity contribution in [3.63, 3.8) is 0 Å². The van der Waals surface area contributed by atoms with Gasteiger partial charge in [-0.3, -0.25) is 0 Å². The van der Waals surface area contributed by atoms with Crippen LogP contribution in [0.4, 0.5) is 0 Å². The molecule has 0 amide bonds. The van der Waals surface area contributed by atoms with E-state index in [4.69, 9.17) is 0 Å². The highest BCUT2D eigenvalue weighted by molar-refractivity contribution is 5.51. The summed E-state index contributed by atoms with van der Waals surface area (Å²) in [6.07, 6.45) is 0. The molecule has 0 saturated heterocycles. The summed E-state index contributed by atoms with van der Waals surface area (Å²) in [6.45, 7) is 25.7. The van der Waals surface area contributed by atoms with Gasteiger partial charge in [0, 0.05) is 6.54 Å². The predicted molar refractivity (Wildman–Crippen MR) is 174 cm³/mol. The molecule has 0 fully saturated rings. The number of nitrogens with zero attached hydrogens (tertiary/aromatic N) is 3. The number of phenolic OH excluding ortho intramolecular Hbond substituents is 2. The van der Waals surface area contributed by atoms with Crippen LogP contribution in [0.25, 0.3) is 0 Å². The molecule has 43 heavy (non-hydrogen) atoms. The van der Waals surface area contributed by atoms with Gasteiger partial charge in [0.25, 0.3) is 0 Å². The number of aromatic nitrogens is 3. The molecule has 3 rings (SSSR count). The highest BCUT2D eigenvalue weighted by Crippen LogP contribution is 2.41. The Balaban J connectivity index is 2.31. The number of phenols is 2. The van der Waals surface area contributed by atoms with Gasteiger partial charge in [-0.2, -0.15) is 0 Å². The molecule has 236 valence electrons. The minimum atomic E-state index is -0.704. The lowest BCUT2D eigenvalue weighted by atomic mass is 9.78. The third-order valence-electron chi connectivity index (χ3n) is 7.95. The standard InChI is InChI=1S/C35H51N3O5/c1-14-36-29(41)37(19-21-15-23(32(2,3)4)27(39)24(16-21)33(5,6)7)31(43)38(30(36)42)20-22-17-25(34(8,9)10)28(40)26(18-22)35(11,12)13/h15-18,39-40H,14,19-20H2,1-13H3. The SMILES string of the molecule is CCn1c(=O)n(Cc2cc(C(C)(C)C)c(O)c(C(C)(C)C)c2)c(=O)n(Cc2cc(C(C)(C)C)c(O)c(C(C)(C)C)c2)c1=O. The topological polar surface area (TPSA) is 106 Å². The van der Waals surface area contributed by atoms with Crippen LogP contribution in [0.5, 0.6) is 11.5 Å². The highest BCUT2D eigenvalue weighted by Gasteiger charge is 2.29. The zero-order valence-electron chi connectivity index (χ0n) is 28.4. The zero-order valence-corrected chi connectivity index (χ0v) is 28.4. The van der Waals surface area contributed by atoms with Crippen molar-refractivity contribution in [2.45, 2.75) is 131 Å². The quantitative estimate of drug-likeness (QED) is 0.384. The minimum absolute atomic E-state index is 0.0551. The van der Waals surface area contributed by atoms with Crippen molar-refractivity contribution in [3.8, 4) is 11.5 Å². The monoisotopic (exact) mass is 593 g/mol. The molecule has 8 nitrogen and oxygen atoms in total. The molecule has 3 aromatic rings. The van der Waals surface area contributed by atoms with Crippen molar-refractivity contribution in [1.29, 1.82) is 0 Å². The summed E-state index contributed by atoms with van der Waals surface area (Å²) >= 11 is 0. The van der Waals surface area contributed by atoms with Crippen molar-refractivity contribution in [3.05, 3.63) is 89.1 Å². The highest BCUT2D eigenvalue weighted by atomic mass is 16.3. The van der Waals surface area contributed by atoms with Crippen molar-refractivity contribution >= 4 is 0 Å². The Morgan fingerprint density at radius 2 is 0.721 bits per heavy atom. The number of rotatable bonds is 5. The molecule has 0 aliphatic carbocycles. The predicted octanol–water partition coefficient (Wildman–Crippen LogP) is 5.89. The Bertz CT molecular complexity index is 1520. The average Bonchev–Trinajstić information content (AvgIpc) is 2.83. The second-order valence-corrected chi connectivity index (χ2v) is 15.8. The third kappa shape index (κ3) is 6.84. The van der Waals surface area contributed by atoms with Gasteiger partial charge in [0.15, 0.2) is 0 Å². The van der Waals surface area contributed by atoms with Crippen LogP contribution >= 0.6 is 0 Å². The summed E-state index contributed by atoms with van der Waals surface area (Å²) in [7, 11) is 0. The summed E-state index contributed by atoms with van der Waals surface area (Å²) in [5.74, 6) is 0.423. The van der Waals surface area contributed by atoms with Crippen molar-refractivity contribution < 1.29 is 10.2 Å². The van der Waals surface area contributed by atoms with E-state index in [9.17, 15) is 24.6 Å². The summed E-state index contributed by atoms with van der Waals surface area (Å²) in [5.41, 5.74) is 0.671. The Morgan fingerprint density at radius 1 is 0.488 bits per heavy atom. The first-order valence-corrected chi connectivity index (χ1v) is 15.1. The van der Waals surface area contributed by atoms with Gasteiger partial charge in [-0.05, 0) is 86.2 Å². The van der Waals surface area contributed by atoms with Crippen LogP contribution in [0.3, 0.4) is 0 Å². The van der Waals surface area contributed by atoms with Gasteiger partial charge in [0.2, 0.25) is 0 Å². The summed E-state index contributed by atoms with van der Waals surface area (Å²) in [5, 5.41) is 22.3. The summed E-state index contributed by atoms with van der Waals surface area (Å²) in [4.78, 5) is 41.0. The van der Waals surface area contributed by atoms with E-state index in [1.54, 1.807) is 6.92 Å². The molecule has 0 aliphatic heterocycles. The molecule has 8 heteroatoms. The molecule has 0 spiro atoms. The summed E-state index contributed by atoms with van der Waals surface area (Å²) in [6, 6.07) is 7.36. The molecule has 0 atom stereocenters. The van der Waals surface area contributed by atoms with Crippen molar-refractivity contribution in [2.24, 2.45) is 0 Å². The maximum atomic E-state index is 14.0. The van der Waals surface area contributed by atoms with Crippen molar-refractivity contribution in [1.82, 2.24) is 13.7 Å². The second kappa shape index (κ2) is 11.2. The van der Waals surface area contributed by atoms with Crippen LogP contribution in [0.15, 0.2) is 38.6 Å².